The number of benzene rings is 2. The standard InChI is InChI=1S/C22H23FN4O3S/c1-14(2)21(27-31(29,30)20-10-5-4-9-18(20)23)22(28)26-17-8-6-7-16(13-17)19-11-12-24-15(3)25-19/h4-14,21,27H,1-3H3,(H,26,28)/t21-/m0/s1. The van der Waals surface area contributed by atoms with Gasteiger partial charge in [0.05, 0.1) is 5.69 Å². The molecule has 3 rings (SSSR count). The SMILES string of the molecule is Cc1nccc(-c2cccc(NC(=O)[C@@H](NS(=O)(=O)c3ccccc3F)C(C)C)c2)n1. The van der Waals surface area contributed by atoms with Gasteiger partial charge in [-0.25, -0.2) is 22.8 Å². The van der Waals surface area contributed by atoms with Gasteiger partial charge in [0, 0.05) is 17.4 Å². The highest BCUT2D eigenvalue weighted by molar-refractivity contribution is 7.89. The summed E-state index contributed by atoms with van der Waals surface area (Å²) in [5.74, 6) is -1.19. The van der Waals surface area contributed by atoms with Gasteiger partial charge in [0.1, 0.15) is 22.6 Å². The molecule has 162 valence electrons. The number of carbonyl (C=O) groups excluding carboxylic acids is 1. The van der Waals surface area contributed by atoms with Crippen molar-refractivity contribution in [2.45, 2.75) is 31.7 Å². The number of aromatic nitrogens is 2. The number of sulfonamides is 1. The van der Waals surface area contributed by atoms with Gasteiger partial charge in [0.2, 0.25) is 15.9 Å². The van der Waals surface area contributed by atoms with Crippen LogP contribution < -0.4 is 10.0 Å². The predicted octanol–water partition coefficient (Wildman–Crippen LogP) is 3.53. The molecular weight excluding hydrogens is 419 g/mol. The molecule has 1 aromatic heterocycles. The van der Waals surface area contributed by atoms with Gasteiger partial charge >= 0.3 is 0 Å². The van der Waals surface area contributed by atoms with Crippen LogP contribution in [0.15, 0.2) is 65.7 Å². The Morgan fingerprint density at radius 2 is 1.81 bits per heavy atom. The van der Waals surface area contributed by atoms with Gasteiger partial charge in [0.25, 0.3) is 0 Å². The fourth-order valence-corrected chi connectivity index (χ4v) is 4.40. The fourth-order valence-electron chi connectivity index (χ4n) is 2.98. The van der Waals surface area contributed by atoms with Gasteiger partial charge in [-0.3, -0.25) is 4.79 Å². The van der Waals surface area contributed by atoms with Gasteiger partial charge in [-0.1, -0.05) is 38.1 Å². The molecule has 31 heavy (non-hydrogen) atoms. The molecule has 1 heterocycles. The van der Waals surface area contributed by atoms with Crippen LogP contribution in [0.25, 0.3) is 11.3 Å². The summed E-state index contributed by atoms with van der Waals surface area (Å²) in [7, 11) is -4.23. The zero-order valence-corrected chi connectivity index (χ0v) is 18.2. The largest absolute Gasteiger partial charge is 0.325 e. The Morgan fingerprint density at radius 1 is 1.06 bits per heavy atom. The highest BCUT2D eigenvalue weighted by Crippen LogP contribution is 2.22. The molecule has 2 aromatic carbocycles. The summed E-state index contributed by atoms with van der Waals surface area (Å²) in [5.41, 5.74) is 1.95. The zero-order chi connectivity index (χ0) is 22.6. The summed E-state index contributed by atoms with van der Waals surface area (Å²) in [5, 5.41) is 2.73. The minimum absolute atomic E-state index is 0.380. The van der Waals surface area contributed by atoms with Crippen molar-refractivity contribution in [1.82, 2.24) is 14.7 Å². The third-order valence-electron chi connectivity index (χ3n) is 4.56. The summed E-state index contributed by atoms with van der Waals surface area (Å²) in [6.45, 7) is 5.19. The Bertz CT molecular complexity index is 1200. The molecule has 7 nitrogen and oxygen atoms in total. The number of hydrogen-bond donors (Lipinski definition) is 2. The van der Waals surface area contributed by atoms with Crippen molar-refractivity contribution in [3.8, 4) is 11.3 Å². The van der Waals surface area contributed by atoms with E-state index in [0.717, 1.165) is 17.7 Å². The maximum Gasteiger partial charge on any atom is 0.244 e. The van der Waals surface area contributed by atoms with E-state index in [1.54, 1.807) is 51.2 Å². The summed E-state index contributed by atoms with van der Waals surface area (Å²) in [6.07, 6.45) is 1.65. The van der Waals surface area contributed by atoms with Crippen molar-refractivity contribution < 1.29 is 17.6 Å². The molecule has 0 spiro atoms. The van der Waals surface area contributed by atoms with Gasteiger partial charge in [-0.15, -0.1) is 0 Å². The van der Waals surface area contributed by atoms with Crippen LogP contribution in [0.4, 0.5) is 10.1 Å². The van der Waals surface area contributed by atoms with Crippen LogP contribution in [0, 0.1) is 18.7 Å². The summed E-state index contributed by atoms with van der Waals surface area (Å²) in [4.78, 5) is 20.8. The molecule has 1 amide bonds. The van der Waals surface area contributed by atoms with Crippen molar-refractivity contribution in [2.75, 3.05) is 5.32 Å². The minimum Gasteiger partial charge on any atom is -0.325 e. The lowest BCUT2D eigenvalue weighted by Gasteiger charge is -2.22. The van der Waals surface area contributed by atoms with E-state index < -0.39 is 32.7 Å². The fraction of sp³-hybridized carbons (Fsp3) is 0.227. The van der Waals surface area contributed by atoms with E-state index in [4.69, 9.17) is 0 Å². The quantitative estimate of drug-likeness (QED) is 0.583. The van der Waals surface area contributed by atoms with Crippen LogP contribution in [-0.4, -0.2) is 30.3 Å². The van der Waals surface area contributed by atoms with E-state index >= 15 is 0 Å². The maximum atomic E-state index is 14.0. The number of amides is 1. The van der Waals surface area contributed by atoms with E-state index in [1.165, 1.54) is 12.1 Å². The Morgan fingerprint density at radius 3 is 2.48 bits per heavy atom. The van der Waals surface area contributed by atoms with E-state index in [0.29, 0.717) is 17.2 Å². The number of anilines is 1. The molecule has 0 saturated heterocycles. The number of aryl methyl sites for hydroxylation is 1. The first-order valence-electron chi connectivity index (χ1n) is 9.65. The second-order valence-corrected chi connectivity index (χ2v) is 9.01. The highest BCUT2D eigenvalue weighted by atomic mass is 32.2. The molecule has 0 saturated carbocycles. The van der Waals surface area contributed by atoms with Crippen molar-refractivity contribution in [2.24, 2.45) is 5.92 Å². The average molecular weight is 443 g/mol. The lowest BCUT2D eigenvalue weighted by molar-refractivity contribution is -0.118. The first-order chi connectivity index (χ1) is 14.7. The lowest BCUT2D eigenvalue weighted by Crippen LogP contribution is -2.47. The smallest absolute Gasteiger partial charge is 0.244 e. The molecule has 0 radical (unpaired) electrons. The van der Waals surface area contributed by atoms with Crippen LogP contribution in [0.1, 0.15) is 19.7 Å². The lowest BCUT2D eigenvalue weighted by atomic mass is 10.0. The number of halogens is 1. The molecule has 0 fully saturated rings. The molecule has 1 atom stereocenters. The number of nitrogens with one attached hydrogen (secondary N) is 2. The van der Waals surface area contributed by atoms with E-state index in [1.807, 2.05) is 6.07 Å². The molecule has 2 N–H and O–H groups in total. The second kappa shape index (κ2) is 9.32. The van der Waals surface area contributed by atoms with Gasteiger partial charge in [-0.2, -0.15) is 4.72 Å². The zero-order valence-electron chi connectivity index (χ0n) is 17.3. The molecule has 0 aliphatic heterocycles. The monoisotopic (exact) mass is 442 g/mol. The van der Waals surface area contributed by atoms with E-state index in [-0.39, 0.29) is 5.92 Å². The van der Waals surface area contributed by atoms with Gasteiger partial charge in [0.15, 0.2) is 0 Å². The normalized spacial score (nSPS) is 12.5. The van der Waals surface area contributed by atoms with Crippen molar-refractivity contribution in [3.05, 3.63) is 72.4 Å². The Labute approximate surface area is 180 Å². The molecule has 0 bridgehead atoms. The molecular formula is C22H23FN4O3S. The van der Waals surface area contributed by atoms with Crippen LogP contribution in [0.2, 0.25) is 0 Å². The van der Waals surface area contributed by atoms with Crippen LogP contribution >= 0.6 is 0 Å². The Hall–Kier alpha value is -3.17. The number of carbonyl (C=O) groups is 1. The Kier molecular flexibility index (Phi) is 6.77. The van der Waals surface area contributed by atoms with E-state index in [9.17, 15) is 17.6 Å². The number of rotatable bonds is 7. The summed E-state index contributed by atoms with van der Waals surface area (Å²) in [6, 6.07) is 12.7. The van der Waals surface area contributed by atoms with Gasteiger partial charge < -0.3 is 5.32 Å². The van der Waals surface area contributed by atoms with Crippen molar-refractivity contribution in [3.63, 3.8) is 0 Å². The summed E-state index contributed by atoms with van der Waals surface area (Å²) >= 11 is 0. The number of hydrogen-bond acceptors (Lipinski definition) is 5. The third-order valence-corrected chi connectivity index (χ3v) is 6.03. The van der Waals surface area contributed by atoms with Crippen molar-refractivity contribution in [1.29, 1.82) is 0 Å². The minimum atomic E-state index is -4.23. The molecule has 9 heteroatoms. The molecule has 0 unspecified atom stereocenters. The van der Waals surface area contributed by atoms with Crippen molar-refractivity contribution >= 4 is 21.6 Å². The van der Waals surface area contributed by atoms with Crippen LogP contribution in [0.5, 0.6) is 0 Å². The first kappa shape index (κ1) is 22.5. The topological polar surface area (TPSA) is 101 Å². The maximum absolute atomic E-state index is 14.0. The predicted molar refractivity (Wildman–Crippen MR) is 116 cm³/mol. The van der Waals surface area contributed by atoms with Gasteiger partial charge in [-0.05, 0) is 43.2 Å². The average Bonchev–Trinajstić information content (AvgIpc) is 2.72. The van der Waals surface area contributed by atoms with Crippen LogP contribution in [-0.2, 0) is 14.8 Å². The Balaban J connectivity index is 1.82. The van der Waals surface area contributed by atoms with E-state index in [2.05, 4.69) is 20.0 Å². The molecule has 0 aliphatic rings. The highest BCUT2D eigenvalue weighted by Gasteiger charge is 2.30. The number of nitrogens with zero attached hydrogens (tertiary/aromatic N) is 2. The first-order valence-corrected chi connectivity index (χ1v) is 11.1. The van der Waals surface area contributed by atoms with Crippen LogP contribution in [0.3, 0.4) is 0 Å². The molecule has 3 aromatic rings. The third kappa shape index (κ3) is 5.50. The second-order valence-electron chi connectivity index (χ2n) is 7.33. The summed E-state index contributed by atoms with van der Waals surface area (Å²) < 4.78 is 41.6. The molecule has 0 aliphatic carbocycles.